The maximum absolute atomic E-state index is 14.0. The summed E-state index contributed by atoms with van der Waals surface area (Å²) in [7, 11) is 0. The predicted molar refractivity (Wildman–Crippen MR) is 159 cm³/mol. The molecule has 210 valence electrons. The summed E-state index contributed by atoms with van der Waals surface area (Å²) in [4.78, 5) is 46.3. The Hall–Kier alpha value is -4.00. The van der Waals surface area contributed by atoms with Gasteiger partial charge in [0.15, 0.2) is 0 Å². The zero-order chi connectivity index (χ0) is 28.5. The molecular formula is C33H40N4O3. The molecule has 2 N–H and O–H groups in total. The quantitative estimate of drug-likeness (QED) is 0.314. The molecule has 1 atom stereocenters. The number of anilines is 2. The minimum absolute atomic E-state index is 0.111. The van der Waals surface area contributed by atoms with Gasteiger partial charge in [0.1, 0.15) is 11.9 Å². The Labute approximate surface area is 237 Å². The van der Waals surface area contributed by atoms with Crippen molar-refractivity contribution in [1.82, 2.24) is 10.3 Å². The van der Waals surface area contributed by atoms with E-state index in [0.29, 0.717) is 17.9 Å². The molecule has 0 spiro atoms. The predicted octanol–water partition coefficient (Wildman–Crippen LogP) is 6.34. The van der Waals surface area contributed by atoms with Crippen molar-refractivity contribution in [1.29, 1.82) is 0 Å². The second-order valence-electron chi connectivity index (χ2n) is 10.8. The van der Waals surface area contributed by atoms with Crippen LogP contribution in [-0.4, -0.2) is 28.7 Å². The minimum Gasteiger partial charge on any atom is -0.351 e. The van der Waals surface area contributed by atoms with Crippen molar-refractivity contribution < 1.29 is 14.4 Å². The molecule has 7 nitrogen and oxygen atoms in total. The summed E-state index contributed by atoms with van der Waals surface area (Å²) in [6, 6.07) is 18.4. The third kappa shape index (κ3) is 7.78. The molecule has 1 heterocycles. The molecule has 0 unspecified atom stereocenters. The van der Waals surface area contributed by atoms with Gasteiger partial charge >= 0.3 is 0 Å². The van der Waals surface area contributed by atoms with Gasteiger partial charge in [0.25, 0.3) is 0 Å². The number of aryl methyl sites for hydroxylation is 3. The van der Waals surface area contributed by atoms with Crippen molar-refractivity contribution in [3.63, 3.8) is 0 Å². The van der Waals surface area contributed by atoms with Gasteiger partial charge in [-0.05, 0) is 74.9 Å². The number of carbonyl (C=O) groups is 3. The Morgan fingerprint density at radius 2 is 1.62 bits per heavy atom. The van der Waals surface area contributed by atoms with Crippen LogP contribution in [0.1, 0.15) is 79.7 Å². The van der Waals surface area contributed by atoms with Crippen LogP contribution in [0.4, 0.5) is 11.5 Å². The zero-order valence-electron chi connectivity index (χ0n) is 23.8. The van der Waals surface area contributed by atoms with Crippen LogP contribution in [0.15, 0.2) is 66.9 Å². The number of rotatable bonds is 10. The normalized spacial score (nSPS) is 14.3. The van der Waals surface area contributed by atoms with E-state index in [4.69, 9.17) is 0 Å². The molecule has 1 saturated carbocycles. The van der Waals surface area contributed by atoms with Crippen molar-refractivity contribution >= 4 is 29.2 Å². The SMILES string of the molecule is Cc1ccc([C@@H](C(=O)NC2CCCCC2)N(C(=O)CCCC(=O)Nc2ccccn2)c2cc(C)ccc2C)cc1. The summed E-state index contributed by atoms with van der Waals surface area (Å²) in [6.07, 6.45) is 7.56. The molecular weight excluding hydrogens is 500 g/mol. The monoisotopic (exact) mass is 540 g/mol. The molecule has 1 aromatic heterocycles. The van der Waals surface area contributed by atoms with Crippen LogP contribution in [0.3, 0.4) is 0 Å². The van der Waals surface area contributed by atoms with Crippen LogP contribution in [0.2, 0.25) is 0 Å². The Bertz CT molecular complexity index is 1300. The fourth-order valence-electron chi connectivity index (χ4n) is 5.25. The van der Waals surface area contributed by atoms with Crippen LogP contribution < -0.4 is 15.5 Å². The van der Waals surface area contributed by atoms with Crippen molar-refractivity contribution in [2.75, 3.05) is 10.2 Å². The number of hydrogen-bond acceptors (Lipinski definition) is 4. The zero-order valence-corrected chi connectivity index (χ0v) is 23.8. The number of carbonyl (C=O) groups excluding carboxylic acids is 3. The highest BCUT2D eigenvalue weighted by atomic mass is 16.2. The van der Waals surface area contributed by atoms with Gasteiger partial charge in [-0.3, -0.25) is 19.3 Å². The van der Waals surface area contributed by atoms with E-state index in [1.165, 1.54) is 6.42 Å². The third-order valence-corrected chi connectivity index (χ3v) is 7.47. The van der Waals surface area contributed by atoms with Crippen molar-refractivity contribution in [2.45, 2.75) is 84.2 Å². The highest BCUT2D eigenvalue weighted by Gasteiger charge is 2.34. The Kier molecular flexibility index (Phi) is 10.1. The van der Waals surface area contributed by atoms with E-state index >= 15 is 0 Å². The van der Waals surface area contributed by atoms with Crippen LogP contribution in [0, 0.1) is 20.8 Å². The summed E-state index contributed by atoms with van der Waals surface area (Å²) < 4.78 is 0. The van der Waals surface area contributed by atoms with Gasteiger partial charge in [-0.25, -0.2) is 4.98 Å². The fourth-order valence-corrected chi connectivity index (χ4v) is 5.25. The van der Waals surface area contributed by atoms with Crippen molar-refractivity contribution in [3.8, 4) is 0 Å². The fraction of sp³-hybridized carbons (Fsp3) is 0.394. The lowest BCUT2D eigenvalue weighted by Gasteiger charge is -2.34. The Morgan fingerprint density at radius 3 is 2.33 bits per heavy atom. The van der Waals surface area contributed by atoms with Gasteiger partial charge in [-0.2, -0.15) is 0 Å². The van der Waals surface area contributed by atoms with E-state index in [0.717, 1.165) is 47.9 Å². The van der Waals surface area contributed by atoms with Crippen LogP contribution in [0.25, 0.3) is 0 Å². The van der Waals surface area contributed by atoms with Gasteiger partial charge < -0.3 is 10.6 Å². The van der Waals surface area contributed by atoms with E-state index in [1.807, 2.05) is 63.2 Å². The van der Waals surface area contributed by atoms with E-state index in [-0.39, 0.29) is 36.6 Å². The number of aromatic nitrogens is 1. The summed E-state index contributed by atoms with van der Waals surface area (Å²) in [5.41, 5.74) is 4.48. The molecule has 7 heteroatoms. The summed E-state index contributed by atoms with van der Waals surface area (Å²) in [6.45, 7) is 5.95. The first-order valence-corrected chi connectivity index (χ1v) is 14.3. The maximum atomic E-state index is 14.0. The van der Waals surface area contributed by atoms with Gasteiger partial charge in [-0.1, -0.05) is 67.3 Å². The standard InChI is InChI=1S/C33H40N4O3/c1-23-16-19-26(20-17-23)32(33(40)35-27-10-5-4-6-11-27)37(28-22-24(2)15-18-25(28)3)31(39)14-9-13-30(38)36-29-12-7-8-21-34-29/h7-8,12,15-22,27,32H,4-6,9-11,13-14H2,1-3H3,(H,35,40)(H,34,36,38)/t32-/m0/s1. The summed E-state index contributed by atoms with van der Waals surface area (Å²) in [5.74, 6) is -0.0776. The van der Waals surface area contributed by atoms with Gasteiger partial charge in [0, 0.05) is 30.8 Å². The molecule has 0 radical (unpaired) electrons. The summed E-state index contributed by atoms with van der Waals surface area (Å²) in [5, 5.41) is 6.04. The van der Waals surface area contributed by atoms with Crippen molar-refractivity contribution in [2.24, 2.45) is 0 Å². The molecule has 4 rings (SSSR count). The number of nitrogens with zero attached hydrogens (tertiary/aromatic N) is 2. The number of nitrogens with one attached hydrogen (secondary N) is 2. The highest BCUT2D eigenvalue weighted by molar-refractivity contribution is 6.02. The average molecular weight is 541 g/mol. The lowest BCUT2D eigenvalue weighted by atomic mass is 9.94. The van der Waals surface area contributed by atoms with Crippen molar-refractivity contribution in [3.05, 3.63) is 89.1 Å². The Morgan fingerprint density at radius 1 is 0.900 bits per heavy atom. The molecule has 40 heavy (non-hydrogen) atoms. The molecule has 0 bridgehead atoms. The van der Waals surface area contributed by atoms with E-state index in [9.17, 15) is 14.4 Å². The first-order valence-electron chi connectivity index (χ1n) is 14.3. The minimum atomic E-state index is -0.821. The second kappa shape index (κ2) is 13.9. The number of hydrogen-bond donors (Lipinski definition) is 2. The van der Waals surface area contributed by atoms with Crippen LogP contribution >= 0.6 is 0 Å². The average Bonchev–Trinajstić information content (AvgIpc) is 2.95. The largest absolute Gasteiger partial charge is 0.351 e. The van der Waals surface area contributed by atoms with Crippen LogP contribution in [0.5, 0.6) is 0 Å². The molecule has 1 fully saturated rings. The number of pyridine rings is 1. The Balaban J connectivity index is 1.61. The second-order valence-corrected chi connectivity index (χ2v) is 10.8. The molecule has 1 aliphatic carbocycles. The lowest BCUT2D eigenvalue weighted by molar-refractivity contribution is -0.127. The number of amides is 3. The maximum Gasteiger partial charge on any atom is 0.248 e. The van der Waals surface area contributed by atoms with E-state index in [2.05, 4.69) is 15.6 Å². The molecule has 0 saturated heterocycles. The lowest BCUT2D eigenvalue weighted by Crippen LogP contribution is -2.47. The van der Waals surface area contributed by atoms with Gasteiger partial charge in [0.05, 0.1) is 0 Å². The number of benzene rings is 2. The highest BCUT2D eigenvalue weighted by Crippen LogP contribution is 2.33. The van der Waals surface area contributed by atoms with E-state index in [1.54, 1.807) is 29.3 Å². The first-order chi connectivity index (χ1) is 19.3. The topological polar surface area (TPSA) is 91.4 Å². The molecule has 3 aromatic rings. The van der Waals surface area contributed by atoms with Gasteiger partial charge in [0.2, 0.25) is 17.7 Å². The molecule has 1 aliphatic rings. The van der Waals surface area contributed by atoms with Crippen LogP contribution in [-0.2, 0) is 14.4 Å². The third-order valence-electron chi connectivity index (χ3n) is 7.47. The van der Waals surface area contributed by atoms with E-state index < -0.39 is 6.04 Å². The molecule has 3 amide bonds. The summed E-state index contributed by atoms with van der Waals surface area (Å²) >= 11 is 0. The molecule has 0 aliphatic heterocycles. The molecule has 2 aromatic carbocycles. The smallest absolute Gasteiger partial charge is 0.248 e. The van der Waals surface area contributed by atoms with Gasteiger partial charge in [-0.15, -0.1) is 0 Å². The first kappa shape index (κ1) is 29.0.